The van der Waals surface area contributed by atoms with Crippen molar-refractivity contribution >= 4 is 39.1 Å². The number of nitrogens with zero attached hydrogens (tertiary/aromatic N) is 2. The molecule has 5 rings (SSSR count). The maximum atomic E-state index is 13.8. The zero-order valence-corrected chi connectivity index (χ0v) is 19.2. The van der Waals surface area contributed by atoms with Crippen LogP contribution in [0, 0.1) is 12.8 Å². The van der Waals surface area contributed by atoms with E-state index in [9.17, 15) is 9.59 Å². The van der Waals surface area contributed by atoms with E-state index in [0.717, 1.165) is 40.7 Å². The maximum Gasteiger partial charge on any atom is 0.275 e. The number of thiophene rings is 1. The lowest BCUT2D eigenvalue weighted by molar-refractivity contribution is -0.127. The van der Waals surface area contributed by atoms with Gasteiger partial charge in [-0.2, -0.15) is 0 Å². The summed E-state index contributed by atoms with van der Waals surface area (Å²) < 4.78 is 3.11. The third kappa shape index (κ3) is 3.28. The van der Waals surface area contributed by atoms with Gasteiger partial charge in [-0.1, -0.05) is 37.5 Å². The molecule has 1 aromatic carbocycles. The summed E-state index contributed by atoms with van der Waals surface area (Å²) >= 11 is 1.63. The fraction of sp³-hybridized carbons (Fsp3) is 0.440. The van der Waals surface area contributed by atoms with Crippen LogP contribution in [0.2, 0.25) is 0 Å². The normalized spacial score (nSPS) is 26.2. The molecule has 1 N–H and O–H groups in total. The quantitative estimate of drug-likeness (QED) is 0.620. The van der Waals surface area contributed by atoms with Crippen LogP contribution in [0.15, 0.2) is 41.8 Å². The van der Waals surface area contributed by atoms with Gasteiger partial charge in [-0.25, -0.2) is 0 Å². The maximum absolute atomic E-state index is 13.8. The number of carbonyl (C=O) groups excluding carboxylic acids is 2. The molecule has 0 spiro atoms. The Morgan fingerprint density at radius 1 is 1.16 bits per heavy atom. The molecule has 3 heterocycles. The van der Waals surface area contributed by atoms with Gasteiger partial charge in [-0.15, -0.1) is 11.3 Å². The monoisotopic (exact) mass is 435 g/mol. The molecule has 0 radical (unpaired) electrons. The van der Waals surface area contributed by atoms with Crippen LogP contribution in [0.3, 0.4) is 0 Å². The third-order valence-electron chi connectivity index (χ3n) is 7.11. The first kappa shape index (κ1) is 20.3. The Morgan fingerprint density at radius 3 is 2.65 bits per heavy atom. The molecular formula is C25H29N3O2S. The van der Waals surface area contributed by atoms with Crippen LogP contribution in [0.25, 0.3) is 10.2 Å². The summed E-state index contributed by atoms with van der Waals surface area (Å²) in [6, 6.07) is 12.1. The molecule has 1 aliphatic carbocycles. The number of aromatic nitrogens is 1. The molecule has 1 fully saturated rings. The van der Waals surface area contributed by atoms with E-state index in [-0.39, 0.29) is 17.9 Å². The van der Waals surface area contributed by atoms with Gasteiger partial charge in [0.2, 0.25) is 5.91 Å². The molecule has 6 heteroatoms. The van der Waals surface area contributed by atoms with Crippen LogP contribution < -0.4 is 10.2 Å². The van der Waals surface area contributed by atoms with Crippen LogP contribution >= 0.6 is 11.3 Å². The summed E-state index contributed by atoms with van der Waals surface area (Å²) in [5, 5.41) is 5.37. The molecule has 1 aliphatic heterocycles. The summed E-state index contributed by atoms with van der Waals surface area (Å²) in [5.41, 5.74) is 2.56. The first-order chi connectivity index (χ1) is 14.9. The number of benzene rings is 1. The number of rotatable bonds is 3. The number of nitrogens with one attached hydrogen (secondary N) is 1. The van der Waals surface area contributed by atoms with E-state index in [2.05, 4.69) is 12.2 Å². The Morgan fingerprint density at radius 2 is 1.90 bits per heavy atom. The molecule has 2 aromatic heterocycles. The fourth-order valence-electron chi connectivity index (χ4n) is 5.17. The molecule has 0 bridgehead atoms. The van der Waals surface area contributed by atoms with Gasteiger partial charge >= 0.3 is 0 Å². The van der Waals surface area contributed by atoms with Crippen molar-refractivity contribution in [1.29, 1.82) is 0 Å². The highest BCUT2D eigenvalue weighted by molar-refractivity contribution is 7.17. The van der Waals surface area contributed by atoms with Gasteiger partial charge in [0.15, 0.2) is 0 Å². The summed E-state index contributed by atoms with van der Waals surface area (Å²) in [6.45, 7) is 6.59. The van der Waals surface area contributed by atoms with Crippen LogP contribution in [0.4, 0.5) is 5.69 Å². The van der Waals surface area contributed by atoms with Gasteiger partial charge in [0.25, 0.3) is 5.91 Å². The van der Waals surface area contributed by atoms with Gasteiger partial charge in [0, 0.05) is 11.7 Å². The van der Waals surface area contributed by atoms with Gasteiger partial charge < -0.3 is 9.88 Å². The Balaban J connectivity index is 1.59. The lowest BCUT2D eigenvalue weighted by atomic mass is 9.84. The van der Waals surface area contributed by atoms with Crippen molar-refractivity contribution in [1.82, 2.24) is 9.88 Å². The molecule has 31 heavy (non-hydrogen) atoms. The molecule has 2 aliphatic rings. The van der Waals surface area contributed by atoms with E-state index in [0.29, 0.717) is 18.2 Å². The highest BCUT2D eigenvalue weighted by atomic mass is 32.1. The Hall–Kier alpha value is -2.60. The predicted molar refractivity (Wildman–Crippen MR) is 126 cm³/mol. The molecule has 1 saturated carbocycles. The Labute approximate surface area is 187 Å². The standard InChI is InChI=1S/C25H29N3O2S/c1-16-8-10-18(11-9-16)28-23(29)21-14-22-20(12-13-31-22)27(21)15-25(28,3)24(30)26-19-7-5-4-6-17(19)2/h8-14,17,19H,4-7,15H2,1-3H3,(H,26,30)/t17-,19+,25+/m0/s1. The summed E-state index contributed by atoms with van der Waals surface area (Å²) in [4.78, 5) is 29.3. The fourth-order valence-corrected chi connectivity index (χ4v) is 5.99. The zero-order valence-electron chi connectivity index (χ0n) is 18.4. The summed E-state index contributed by atoms with van der Waals surface area (Å²) in [5.74, 6) is 0.273. The van der Waals surface area contributed by atoms with Crippen LogP contribution in [-0.4, -0.2) is 28.0 Å². The molecule has 0 unspecified atom stereocenters. The number of hydrogen-bond donors (Lipinski definition) is 1. The largest absolute Gasteiger partial charge is 0.351 e. The summed E-state index contributed by atoms with van der Waals surface area (Å²) in [7, 11) is 0. The second-order valence-electron chi connectivity index (χ2n) is 9.38. The van der Waals surface area contributed by atoms with Crippen molar-refractivity contribution in [3.8, 4) is 0 Å². The molecule has 162 valence electrons. The smallest absolute Gasteiger partial charge is 0.275 e. The van der Waals surface area contributed by atoms with Crippen LogP contribution in [0.5, 0.6) is 0 Å². The molecule has 3 atom stereocenters. The first-order valence-electron chi connectivity index (χ1n) is 11.2. The van der Waals surface area contributed by atoms with Crippen LogP contribution in [-0.2, 0) is 11.3 Å². The molecule has 5 nitrogen and oxygen atoms in total. The van der Waals surface area contributed by atoms with E-state index >= 15 is 0 Å². The van der Waals surface area contributed by atoms with E-state index in [1.165, 1.54) is 6.42 Å². The molecule has 0 saturated heterocycles. The molecule has 2 amide bonds. The predicted octanol–water partition coefficient (Wildman–Crippen LogP) is 5.13. The Bertz CT molecular complexity index is 1150. The van der Waals surface area contributed by atoms with Gasteiger partial charge in [-0.3, -0.25) is 14.5 Å². The highest BCUT2D eigenvalue weighted by Crippen LogP contribution is 2.37. The van der Waals surface area contributed by atoms with E-state index in [4.69, 9.17) is 0 Å². The number of hydrogen-bond acceptors (Lipinski definition) is 3. The number of fused-ring (bicyclic) bond motifs is 3. The first-order valence-corrected chi connectivity index (χ1v) is 12.1. The van der Waals surface area contributed by atoms with Crippen molar-refractivity contribution in [2.75, 3.05) is 4.90 Å². The van der Waals surface area contributed by atoms with Crippen molar-refractivity contribution in [3.63, 3.8) is 0 Å². The lowest BCUT2D eigenvalue weighted by Gasteiger charge is -2.45. The average molecular weight is 436 g/mol. The van der Waals surface area contributed by atoms with Gasteiger partial charge in [-0.05, 0) is 62.3 Å². The number of aryl methyl sites for hydroxylation is 1. The number of carbonyl (C=O) groups is 2. The van der Waals surface area contributed by atoms with Crippen molar-refractivity contribution in [2.24, 2.45) is 5.92 Å². The minimum absolute atomic E-state index is 0.0668. The average Bonchev–Trinajstić information content (AvgIpc) is 3.33. The minimum atomic E-state index is -1.01. The number of anilines is 1. The van der Waals surface area contributed by atoms with E-state index in [1.54, 1.807) is 16.2 Å². The van der Waals surface area contributed by atoms with Crippen molar-refractivity contribution < 1.29 is 9.59 Å². The molecular weight excluding hydrogens is 406 g/mol. The van der Waals surface area contributed by atoms with Crippen molar-refractivity contribution in [2.45, 2.75) is 64.6 Å². The lowest BCUT2D eigenvalue weighted by Crippen LogP contribution is -2.65. The SMILES string of the molecule is Cc1ccc(N2C(=O)c3cc4sccc4n3C[C@]2(C)C(=O)N[C@@H]2CCCC[C@@H]2C)cc1. The molecule has 3 aromatic rings. The van der Waals surface area contributed by atoms with E-state index in [1.807, 2.05) is 60.2 Å². The topological polar surface area (TPSA) is 54.3 Å². The highest BCUT2D eigenvalue weighted by Gasteiger charge is 2.49. The van der Waals surface area contributed by atoms with E-state index < -0.39 is 5.54 Å². The second kappa shape index (κ2) is 7.52. The van der Waals surface area contributed by atoms with Gasteiger partial charge in [0.05, 0.1) is 16.8 Å². The van der Waals surface area contributed by atoms with Crippen LogP contribution in [0.1, 0.15) is 55.6 Å². The zero-order chi connectivity index (χ0) is 21.8. The third-order valence-corrected chi connectivity index (χ3v) is 7.97. The Kier molecular flexibility index (Phi) is 4.93. The number of amides is 2. The minimum Gasteiger partial charge on any atom is -0.351 e. The second-order valence-corrected chi connectivity index (χ2v) is 10.3. The van der Waals surface area contributed by atoms with Crippen molar-refractivity contribution in [3.05, 3.63) is 53.0 Å². The summed E-state index contributed by atoms with van der Waals surface area (Å²) in [6.07, 6.45) is 4.51. The van der Waals surface area contributed by atoms with Gasteiger partial charge in [0.1, 0.15) is 11.2 Å².